The summed E-state index contributed by atoms with van der Waals surface area (Å²) in [7, 11) is 0. The third-order valence-electron chi connectivity index (χ3n) is 7.92. The van der Waals surface area contributed by atoms with E-state index < -0.39 is 34.4 Å². The number of carboxylic acid groups (broad SMARTS) is 1. The van der Waals surface area contributed by atoms with Crippen molar-refractivity contribution in [3.8, 4) is 5.75 Å². The van der Waals surface area contributed by atoms with Crippen molar-refractivity contribution in [2.75, 3.05) is 24.5 Å². The largest absolute Gasteiger partial charge is 0.477 e. The summed E-state index contributed by atoms with van der Waals surface area (Å²) in [6.07, 6.45) is 1.10. The molecule has 0 saturated carbocycles. The second-order valence-electron chi connectivity index (χ2n) is 11.0. The zero-order chi connectivity index (χ0) is 29.8. The number of carboxylic acids is 1. The van der Waals surface area contributed by atoms with Gasteiger partial charge in [-0.1, -0.05) is 0 Å². The number of anilines is 1. The maximum atomic E-state index is 15.9. The van der Waals surface area contributed by atoms with Crippen LogP contribution in [0.15, 0.2) is 17.1 Å². The van der Waals surface area contributed by atoms with Crippen LogP contribution < -0.4 is 15.1 Å². The standard InChI is InChI=1S/C29H34F2N4O6/c1-6-33-11-18(28(38)39)26(37)17-9-21(30)25(23(31)24(17)33)35-8-7-34(15(2)10-35)12-22-19(13-36)20-14-40-29(4,5)41-27(20)16(3)32-22/h9,11,15,36H,6-8,10,12-14H2,1-5H3,(H,38,39). The van der Waals surface area contributed by atoms with Crippen LogP contribution in [-0.4, -0.2) is 62.1 Å². The summed E-state index contributed by atoms with van der Waals surface area (Å²) in [5.41, 5.74) is 0.986. The van der Waals surface area contributed by atoms with Crippen molar-refractivity contribution in [1.82, 2.24) is 14.5 Å². The average molecular weight is 573 g/mol. The number of hydrogen-bond donors (Lipinski definition) is 2. The lowest BCUT2D eigenvalue weighted by Gasteiger charge is -2.41. The van der Waals surface area contributed by atoms with Crippen LogP contribution in [0.2, 0.25) is 0 Å². The smallest absolute Gasteiger partial charge is 0.341 e. The molecule has 1 fully saturated rings. The van der Waals surface area contributed by atoms with Gasteiger partial charge in [-0.15, -0.1) is 0 Å². The molecule has 2 N–H and O–H groups in total. The van der Waals surface area contributed by atoms with E-state index in [-0.39, 0.29) is 42.4 Å². The van der Waals surface area contributed by atoms with E-state index in [1.165, 1.54) is 4.57 Å². The van der Waals surface area contributed by atoms with Gasteiger partial charge in [0.2, 0.25) is 11.2 Å². The number of aryl methyl sites for hydroxylation is 2. The fraction of sp³-hybridized carbons (Fsp3) is 0.483. The Morgan fingerprint density at radius 2 is 2.00 bits per heavy atom. The maximum absolute atomic E-state index is 15.9. The Labute approximate surface area is 235 Å². The van der Waals surface area contributed by atoms with Crippen molar-refractivity contribution in [2.45, 2.75) is 72.8 Å². The average Bonchev–Trinajstić information content (AvgIpc) is 2.90. The number of carbonyl (C=O) groups is 1. The zero-order valence-corrected chi connectivity index (χ0v) is 23.8. The van der Waals surface area contributed by atoms with Crippen LogP contribution in [0.1, 0.15) is 60.6 Å². The minimum absolute atomic E-state index is 0.122. The Hall–Kier alpha value is -3.61. The first-order chi connectivity index (χ1) is 19.4. The van der Waals surface area contributed by atoms with Crippen LogP contribution in [0.25, 0.3) is 10.9 Å². The molecule has 2 aromatic heterocycles. The molecule has 2 aliphatic heterocycles. The van der Waals surface area contributed by atoms with Crippen LogP contribution in [0.4, 0.5) is 14.5 Å². The topological polar surface area (TPSA) is 117 Å². The highest BCUT2D eigenvalue weighted by atomic mass is 19.1. The summed E-state index contributed by atoms with van der Waals surface area (Å²) in [6.45, 7) is 10.8. The maximum Gasteiger partial charge on any atom is 0.341 e. The number of rotatable bonds is 6. The highest BCUT2D eigenvalue weighted by Gasteiger charge is 2.34. The van der Waals surface area contributed by atoms with Crippen LogP contribution in [0.5, 0.6) is 5.75 Å². The Kier molecular flexibility index (Phi) is 7.51. The van der Waals surface area contributed by atoms with Gasteiger partial charge in [-0.25, -0.2) is 13.6 Å². The van der Waals surface area contributed by atoms with E-state index in [1.807, 2.05) is 27.7 Å². The van der Waals surface area contributed by atoms with Crippen LogP contribution in [0.3, 0.4) is 0 Å². The lowest BCUT2D eigenvalue weighted by Crippen LogP contribution is -2.52. The number of aliphatic hydroxyl groups is 1. The number of ether oxygens (including phenoxy) is 2. The van der Waals surface area contributed by atoms with Gasteiger partial charge < -0.3 is 29.2 Å². The van der Waals surface area contributed by atoms with Gasteiger partial charge in [-0.05, 0) is 26.8 Å². The van der Waals surface area contributed by atoms with Crippen molar-refractivity contribution in [3.63, 3.8) is 0 Å². The first-order valence-corrected chi connectivity index (χ1v) is 13.6. The monoisotopic (exact) mass is 572 g/mol. The number of pyridine rings is 2. The molecule has 4 heterocycles. The van der Waals surface area contributed by atoms with E-state index in [0.29, 0.717) is 48.9 Å². The number of halogens is 2. The second kappa shape index (κ2) is 10.7. The van der Waals surface area contributed by atoms with Gasteiger partial charge in [0, 0.05) is 69.9 Å². The van der Waals surface area contributed by atoms with Gasteiger partial charge in [0.25, 0.3) is 0 Å². The molecule has 1 saturated heterocycles. The third kappa shape index (κ3) is 5.04. The molecule has 2 aliphatic rings. The number of hydrogen-bond acceptors (Lipinski definition) is 8. The van der Waals surface area contributed by atoms with Crippen LogP contribution in [-0.2, 0) is 31.0 Å². The molecule has 0 aliphatic carbocycles. The van der Waals surface area contributed by atoms with E-state index in [9.17, 15) is 19.8 Å². The normalized spacial score (nSPS) is 18.8. The fourth-order valence-electron chi connectivity index (χ4n) is 5.77. The second-order valence-corrected chi connectivity index (χ2v) is 11.0. The Morgan fingerprint density at radius 3 is 2.63 bits per heavy atom. The summed E-state index contributed by atoms with van der Waals surface area (Å²) in [5, 5.41) is 19.3. The Bertz CT molecular complexity index is 1610. The van der Waals surface area contributed by atoms with Crippen LogP contribution in [0, 0.1) is 18.6 Å². The van der Waals surface area contributed by atoms with Crippen molar-refractivity contribution in [3.05, 3.63) is 62.2 Å². The van der Waals surface area contributed by atoms with Gasteiger partial charge in [-0.3, -0.25) is 14.7 Å². The summed E-state index contributed by atoms with van der Waals surface area (Å²) in [5.74, 6) is -3.44. The molecule has 12 heteroatoms. The van der Waals surface area contributed by atoms with Crippen molar-refractivity contribution >= 4 is 22.6 Å². The van der Waals surface area contributed by atoms with Gasteiger partial charge in [-0.2, -0.15) is 0 Å². The van der Waals surface area contributed by atoms with Crippen molar-refractivity contribution in [2.24, 2.45) is 0 Å². The lowest BCUT2D eigenvalue weighted by molar-refractivity contribution is -0.181. The highest BCUT2D eigenvalue weighted by Crippen LogP contribution is 2.37. The molecule has 220 valence electrons. The lowest BCUT2D eigenvalue weighted by atomic mass is 10.0. The predicted octanol–water partition coefficient (Wildman–Crippen LogP) is 3.55. The number of benzene rings is 1. The highest BCUT2D eigenvalue weighted by molar-refractivity contribution is 5.93. The molecular formula is C29H34F2N4O6. The number of fused-ring (bicyclic) bond motifs is 2. The molecule has 3 aromatic rings. The molecule has 1 unspecified atom stereocenters. The Balaban J connectivity index is 1.44. The summed E-state index contributed by atoms with van der Waals surface area (Å²) in [6, 6.07) is 0.793. The summed E-state index contributed by atoms with van der Waals surface area (Å²) >= 11 is 0. The minimum atomic E-state index is -1.45. The van der Waals surface area contributed by atoms with Gasteiger partial charge in [0.05, 0.1) is 35.5 Å². The molecule has 0 spiro atoms. The SMILES string of the molecule is CCn1cc(C(=O)O)c(=O)c2cc(F)c(N3CCN(Cc4nc(C)c5c(c4CO)COC(C)(C)O5)C(C)C3)c(F)c21. The molecule has 10 nitrogen and oxygen atoms in total. The van der Waals surface area contributed by atoms with Crippen molar-refractivity contribution < 1.29 is 33.3 Å². The third-order valence-corrected chi connectivity index (χ3v) is 7.92. The minimum Gasteiger partial charge on any atom is -0.477 e. The molecule has 0 radical (unpaired) electrons. The number of piperazine rings is 1. The molecular weight excluding hydrogens is 538 g/mol. The van der Waals surface area contributed by atoms with Crippen molar-refractivity contribution in [1.29, 1.82) is 0 Å². The molecule has 5 rings (SSSR count). The van der Waals surface area contributed by atoms with Crippen LogP contribution >= 0.6 is 0 Å². The first kappa shape index (κ1) is 28.9. The molecule has 1 atom stereocenters. The Morgan fingerprint density at radius 1 is 1.27 bits per heavy atom. The molecule has 41 heavy (non-hydrogen) atoms. The van der Waals surface area contributed by atoms with E-state index in [1.54, 1.807) is 11.8 Å². The van der Waals surface area contributed by atoms with E-state index >= 15 is 8.78 Å². The fourth-order valence-corrected chi connectivity index (χ4v) is 5.77. The first-order valence-electron chi connectivity index (χ1n) is 13.6. The van der Waals surface area contributed by atoms with Gasteiger partial charge in [0.15, 0.2) is 5.82 Å². The number of aromatic nitrogens is 2. The molecule has 0 amide bonds. The number of aromatic carboxylic acids is 1. The zero-order valence-electron chi connectivity index (χ0n) is 23.8. The van der Waals surface area contributed by atoms with Gasteiger partial charge >= 0.3 is 5.97 Å². The van der Waals surface area contributed by atoms with Gasteiger partial charge in [0.1, 0.15) is 22.8 Å². The quantitative estimate of drug-likeness (QED) is 0.457. The van der Waals surface area contributed by atoms with E-state index in [0.717, 1.165) is 17.8 Å². The predicted molar refractivity (Wildman–Crippen MR) is 147 cm³/mol. The molecule has 0 bridgehead atoms. The number of nitrogens with zero attached hydrogens (tertiary/aromatic N) is 4. The summed E-state index contributed by atoms with van der Waals surface area (Å²) in [4.78, 5) is 32.7. The summed E-state index contributed by atoms with van der Waals surface area (Å²) < 4.78 is 44.4. The van der Waals surface area contributed by atoms with E-state index in [2.05, 4.69) is 4.90 Å². The number of aliphatic hydroxyl groups excluding tert-OH is 1. The molecule has 1 aromatic carbocycles. The van der Waals surface area contributed by atoms with E-state index in [4.69, 9.17) is 14.5 Å².